The van der Waals surface area contributed by atoms with Crippen molar-refractivity contribution in [1.82, 2.24) is 9.97 Å². The van der Waals surface area contributed by atoms with Gasteiger partial charge < -0.3 is 10.7 Å². The van der Waals surface area contributed by atoms with Gasteiger partial charge in [0.15, 0.2) is 0 Å². The molecule has 0 aliphatic rings. The van der Waals surface area contributed by atoms with Crippen molar-refractivity contribution in [3.8, 4) is 0 Å². The van der Waals surface area contributed by atoms with Crippen LogP contribution in [0.1, 0.15) is 18.3 Å². The zero-order valence-corrected chi connectivity index (χ0v) is 12.7. The third-order valence-electron chi connectivity index (χ3n) is 2.83. The number of anilines is 3. The van der Waals surface area contributed by atoms with Crippen LogP contribution in [-0.2, 0) is 6.42 Å². The standard InChI is InChI=1S/C13H15Cl2N5/c1-3-11-18-12(7(2)13(19-11)20-16)17-10-6-8(14)4-5-9(10)15/h4-6H,3,16H2,1-2H3,(H2,17,18,19,20). The summed E-state index contributed by atoms with van der Waals surface area (Å²) in [5.41, 5.74) is 4.06. The van der Waals surface area contributed by atoms with Gasteiger partial charge in [0.25, 0.3) is 0 Å². The molecule has 7 heteroatoms. The smallest absolute Gasteiger partial charge is 0.148 e. The normalized spacial score (nSPS) is 10.4. The van der Waals surface area contributed by atoms with Gasteiger partial charge in [-0.15, -0.1) is 0 Å². The fourth-order valence-electron chi connectivity index (χ4n) is 1.70. The van der Waals surface area contributed by atoms with Crippen LogP contribution in [0, 0.1) is 6.92 Å². The molecule has 0 aliphatic heterocycles. The van der Waals surface area contributed by atoms with Crippen molar-refractivity contribution < 1.29 is 0 Å². The predicted octanol–water partition coefficient (Wildman–Crippen LogP) is 3.68. The largest absolute Gasteiger partial charge is 0.339 e. The van der Waals surface area contributed by atoms with E-state index in [1.807, 2.05) is 13.8 Å². The van der Waals surface area contributed by atoms with E-state index in [0.717, 1.165) is 5.56 Å². The number of hydrazine groups is 1. The van der Waals surface area contributed by atoms with E-state index < -0.39 is 0 Å². The van der Waals surface area contributed by atoms with Crippen molar-refractivity contribution in [2.24, 2.45) is 5.84 Å². The fourth-order valence-corrected chi connectivity index (χ4v) is 2.04. The zero-order valence-electron chi connectivity index (χ0n) is 11.2. The first-order chi connectivity index (χ1) is 9.55. The van der Waals surface area contributed by atoms with Crippen LogP contribution in [0.25, 0.3) is 0 Å². The van der Waals surface area contributed by atoms with Crippen molar-refractivity contribution >= 4 is 40.5 Å². The topological polar surface area (TPSA) is 75.9 Å². The molecule has 106 valence electrons. The number of nitrogens with one attached hydrogen (secondary N) is 2. The highest BCUT2D eigenvalue weighted by Crippen LogP contribution is 2.30. The Labute approximate surface area is 127 Å². The maximum absolute atomic E-state index is 6.14. The lowest BCUT2D eigenvalue weighted by molar-refractivity contribution is 0.932. The maximum atomic E-state index is 6.14. The Morgan fingerprint density at radius 2 is 1.90 bits per heavy atom. The van der Waals surface area contributed by atoms with Crippen LogP contribution in [0.5, 0.6) is 0 Å². The van der Waals surface area contributed by atoms with Crippen LogP contribution in [0.2, 0.25) is 10.0 Å². The summed E-state index contributed by atoms with van der Waals surface area (Å²) < 4.78 is 0. The molecule has 1 heterocycles. The number of hydrogen-bond donors (Lipinski definition) is 3. The third-order valence-corrected chi connectivity index (χ3v) is 3.39. The van der Waals surface area contributed by atoms with E-state index in [-0.39, 0.29) is 0 Å². The van der Waals surface area contributed by atoms with Gasteiger partial charge in [0.2, 0.25) is 0 Å². The fraction of sp³-hybridized carbons (Fsp3) is 0.231. The second-order valence-electron chi connectivity index (χ2n) is 4.21. The Hall–Kier alpha value is -1.56. The van der Waals surface area contributed by atoms with Crippen LogP contribution in [-0.4, -0.2) is 9.97 Å². The quantitative estimate of drug-likeness (QED) is 0.593. The average Bonchev–Trinajstić information content (AvgIpc) is 2.45. The molecule has 2 rings (SSSR count). The average molecular weight is 312 g/mol. The number of halogens is 2. The molecule has 0 bridgehead atoms. The summed E-state index contributed by atoms with van der Waals surface area (Å²) in [7, 11) is 0. The molecule has 0 amide bonds. The van der Waals surface area contributed by atoms with Gasteiger partial charge >= 0.3 is 0 Å². The lowest BCUT2D eigenvalue weighted by atomic mass is 10.2. The van der Waals surface area contributed by atoms with E-state index in [1.54, 1.807) is 18.2 Å². The van der Waals surface area contributed by atoms with Crippen LogP contribution in [0.4, 0.5) is 17.3 Å². The van der Waals surface area contributed by atoms with Crippen molar-refractivity contribution in [2.75, 3.05) is 10.7 Å². The molecule has 0 aliphatic carbocycles. The number of aryl methyl sites for hydroxylation is 1. The van der Waals surface area contributed by atoms with Crippen LogP contribution < -0.4 is 16.6 Å². The highest BCUT2D eigenvalue weighted by Gasteiger charge is 2.11. The van der Waals surface area contributed by atoms with E-state index in [4.69, 9.17) is 29.0 Å². The summed E-state index contributed by atoms with van der Waals surface area (Å²) in [6, 6.07) is 5.20. The van der Waals surface area contributed by atoms with Gasteiger partial charge in [0.05, 0.1) is 10.7 Å². The van der Waals surface area contributed by atoms with E-state index in [1.165, 1.54) is 0 Å². The maximum Gasteiger partial charge on any atom is 0.148 e. The third kappa shape index (κ3) is 3.12. The van der Waals surface area contributed by atoms with Crippen molar-refractivity contribution in [2.45, 2.75) is 20.3 Å². The second kappa shape index (κ2) is 6.26. The number of aromatic nitrogens is 2. The first kappa shape index (κ1) is 14.8. The van der Waals surface area contributed by atoms with Gasteiger partial charge in [-0.2, -0.15) is 0 Å². The second-order valence-corrected chi connectivity index (χ2v) is 5.05. The van der Waals surface area contributed by atoms with Crippen molar-refractivity contribution in [3.05, 3.63) is 39.6 Å². The van der Waals surface area contributed by atoms with Gasteiger partial charge in [0, 0.05) is 17.0 Å². The first-order valence-electron chi connectivity index (χ1n) is 6.11. The molecule has 0 unspecified atom stereocenters. The minimum Gasteiger partial charge on any atom is -0.339 e. The lowest BCUT2D eigenvalue weighted by Crippen LogP contribution is -2.14. The Balaban J connectivity index is 2.44. The molecule has 5 nitrogen and oxygen atoms in total. The summed E-state index contributed by atoms with van der Waals surface area (Å²) in [5.74, 6) is 7.39. The van der Waals surface area contributed by atoms with Gasteiger partial charge in [-0.05, 0) is 25.1 Å². The molecule has 2 aromatic rings. The molecule has 0 spiro atoms. The van der Waals surface area contributed by atoms with Crippen LogP contribution in [0.15, 0.2) is 18.2 Å². The molecule has 20 heavy (non-hydrogen) atoms. The summed E-state index contributed by atoms with van der Waals surface area (Å²) >= 11 is 12.1. The summed E-state index contributed by atoms with van der Waals surface area (Å²) in [6.45, 7) is 3.84. The van der Waals surface area contributed by atoms with Crippen LogP contribution >= 0.6 is 23.2 Å². The van der Waals surface area contributed by atoms with E-state index >= 15 is 0 Å². The minimum atomic E-state index is 0.563. The molecule has 0 saturated heterocycles. The molecule has 0 atom stereocenters. The van der Waals surface area contributed by atoms with Gasteiger partial charge in [0.1, 0.15) is 17.5 Å². The van der Waals surface area contributed by atoms with E-state index in [9.17, 15) is 0 Å². The molecule has 0 fully saturated rings. The molecule has 1 aromatic carbocycles. The van der Waals surface area contributed by atoms with Crippen molar-refractivity contribution in [3.63, 3.8) is 0 Å². The SMILES string of the molecule is CCc1nc(NN)c(C)c(Nc2cc(Cl)ccc2Cl)n1. The Kier molecular flexibility index (Phi) is 4.65. The van der Waals surface area contributed by atoms with Gasteiger partial charge in [-0.3, -0.25) is 0 Å². The van der Waals surface area contributed by atoms with Crippen LogP contribution in [0.3, 0.4) is 0 Å². The number of hydrogen-bond acceptors (Lipinski definition) is 5. The van der Waals surface area contributed by atoms with Gasteiger partial charge in [-0.25, -0.2) is 15.8 Å². The highest BCUT2D eigenvalue weighted by molar-refractivity contribution is 6.35. The van der Waals surface area contributed by atoms with E-state index in [0.29, 0.717) is 39.6 Å². The summed E-state index contributed by atoms with van der Waals surface area (Å²) in [4.78, 5) is 8.75. The minimum absolute atomic E-state index is 0.563. The summed E-state index contributed by atoms with van der Waals surface area (Å²) in [5, 5.41) is 4.32. The number of nitrogen functional groups attached to an aromatic ring is 1. The molecular weight excluding hydrogens is 297 g/mol. The Morgan fingerprint density at radius 1 is 1.20 bits per heavy atom. The molecule has 1 aromatic heterocycles. The number of nitrogens with two attached hydrogens (primary N) is 1. The van der Waals surface area contributed by atoms with Gasteiger partial charge in [-0.1, -0.05) is 30.1 Å². The predicted molar refractivity (Wildman–Crippen MR) is 83.7 cm³/mol. The molecule has 4 N–H and O–H groups in total. The first-order valence-corrected chi connectivity index (χ1v) is 6.87. The zero-order chi connectivity index (χ0) is 14.7. The number of nitrogens with zero attached hydrogens (tertiary/aromatic N) is 2. The Morgan fingerprint density at radius 3 is 2.55 bits per heavy atom. The highest BCUT2D eigenvalue weighted by atomic mass is 35.5. The molecular formula is C13H15Cl2N5. The van der Waals surface area contributed by atoms with E-state index in [2.05, 4.69) is 20.7 Å². The lowest BCUT2D eigenvalue weighted by Gasteiger charge is -2.14. The Bertz CT molecular complexity index is 630. The number of rotatable bonds is 4. The molecule has 0 radical (unpaired) electrons. The van der Waals surface area contributed by atoms with Crippen molar-refractivity contribution in [1.29, 1.82) is 0 Å². The summed E-state index contributed by atoms with van der Waals surface area (Å²) in [6.07, 6.45) is 0.701. The monoisotopic (exact) mass is 311 g/mol. The number of benzene rings is 1. The molecule has 0 saturated carbocycles.